The largest absolute Gasteiger partial charge is 0.368 e. The summed E-state index contributed by atoms with van der Waals surface area (Å²) in [6, 6.07) is 1.64. The molecule has 0 bridgehead atoms. The molecule has 1 aliphatic rings. The lowest BCUT2D eigenvalue weighted by Crippen LogP contribution is -2.29. The Morgan fingerprint density at radius 3 is 2.60 bits per heavy atom. The summed E-state index contributed by atoms with van der Waals surface area (Å²) in [5.74, 6) is 6.91. The van der Waals surface area contributed by atoms with Crippen LogP contribution < -0.4 is 16.6 Å². The van der Waals surface area contributed by atoms with Crippen molar-refractivity contribution in [3.05, 3.63) is 16.1 Å². The molecule has 0 saturated carbocycles. The highest BCUT2D eigenvalue weighted by molar-refractivity contribution is 6.37. The number of nitrogen functional groups attached to an aromatic ring is 1. The molecule has 0 aromatic carbocycles. The summed E-state index contributed by atoms with van der Waals surface area (Å²) >= 11 is 12.1. The average Bonchev–Trinajstić information content (AvgIpc) is 2.90. The molecule has 20 heavy (non-hydrogen) atoms. The van der Waals surface area contributed by atoms with Gasteiger partial charge in [-0.25, -0.2) is 10.8 Å². The van der Waals surface area contributed by atoms with E-state index < -0.39 is 0 Å². The molecule has 112 valence electrons. The number of pyridine rings is 1. The number of nitrogens with zero attached hydrogens (tertiary/aromatic N) is 2. The Morgan fingerprint density at radius 2 is 1.95 bits per heavy atom. The van der Waals surface area contributed by atoms with Crippen molar-refractivity contribution in [2.45, 2.75) is 19.8 Å². The van der Waals surface area contributed by atoms with E-state index >= 15 is 0 Å². The molecule has 0 radical (unpaired) electrons. The van der Waals surface area contributed by atoms with Crippen LogP contribution in [0.2, 0.25) is 10.0 Å². The number of hydrazine groups is 1. The first-order valence-electron chi connectivity index (χ1n) is 6.89. The fourth-order valence-electron chi connectivity index (χ4n) is 2.43. The van der Waals surface area contributed by atoms with Gasteiger partial charge in [0.1, 0.15) is 5.82 Å². The minimum atomic E-state index is 0.410. The van der Waals surface area contributed by atoms with Crippen molar-refractivity contribution in [2.75, 3.05) is 36.9 Å². The number of nitrogens with one attached hydrogen (secondary N) is 2. The van der Waals surface area contributed by atoms with E-state index in [1.807, 2.05) is 0 Å². The lowest BCUT2D eigenvalue weighted by atomic mass is 10.1. The number of anilines is 2. The van der Waals surface area contributed by atoms with Crippen molar-refractivity contribution < 1.29 is 0 Å². The molecule has 2 heterocycles. The normalized spacial score (nSPS) is 17.2. The highest BCUT2D eigenvalue weighted by Crippen LogP contribution is 2.28. The molecule has 7 heteroatoms. The highest BCUT2D eigenvalue weighted by atomic mass is 35.5. The topological polar surface area (TPSA) is 66.2 Å². The zero-order chi connectivity index (χ0) is 14.5. The molecule has 2 rings (SSSR count). The Balaban J connectivity index is 1.89. The van der Waals surface area contributed by atoms with Crippen LogP contribution >= 0.6 is 23.2 Å². The lowest BCUT2D eigenvalue weighted by Gasteiger charge is -2.21. The monoisotopic (exact) mass is 317 g/mol. The second kappa shape index (κ2) is 7.31. The first-order valence-corrected chi connectivity index (χ1v) is 7.64. The standard InChI is InChI=1S/C13H21Cl2N5/c1-9(8-20-4-2-3-5-20)7-17-12-10(14)6-11(15)13(18-12)19-16/h6,9H,2-5,7-8,16H2,1H3,(H2,17,18,19). The van der Waals surface area contributed by atoms with Crippen molar-refractivity contribution in [1.82, 2.24) is 9.88 Å². The Labute approximate surface area is 129 Å². The molecule has 1 saturated heterocycles. The summed E-state index contributed by atoms with van der Waals surface area (Å²) in [7, 11) is 0. The van der Waals surface area contributed by atoms with Crippen molar-refractivity contribution in [1.29, 1.82) is 0 Å². The maximum absolute atomic E-state index is 6.12. The summed E-state index contributed by atoms with van der Waals surface area (Å²) in [6.07, 6.45) is 2.63. The van der Waals surface area contributed by atoms with Crippen LogP contribution in [0.5, 0.6) is 0 Å². The van der Waals surface area contributed by atoms with E-state index in [0.29, 0.717) is 27.6 Å². The zero-order valence-electron chi connectivity index (χ0n) is 11.6. The molecular formula is C13H21Cl2N5. The van der Waals surface area contributed by atoms with Gasteiger partial charge in [0.25, 0.3) is 0 Å². The molecule has 4 N–H and O–H groups in total. The molecule has 1 fully saturated rings. The maximum Gasteiger partial charge on any atom is 0.161 e. The van der Waals surface area contributed by atoms with Crippen LogP contribution in [-0.2, 0) is 0 Å². The van der Waals surface area contributed by atoms with Gasteiger partial charge in [-0.1, -0.05) is 30.1 Å². The van der Waals surface area contributed by atoms with E-state index in [4.69, 9.17) is 29.0 Å². The van der Waals surface area contributed by atoms with Crippen LogP contribution in [0.3, 0.4) is 0 Å². The first kappa shape index (κ1) is 15.6. The third kappa shape index (κ3) is 4.12. The maximum atomic E-state index is 6.12. The Kier molecular flexibility index (Phi) is 5.72. The van der Waals surface area contributed by atoms with E-state index in [9.17, 15) is 0 Å². The second-order valence-corrected chi connectivity index (χ2v) is 6.10. The summed E-state index contributed by atoms with van der Waals surface area (Å²) in [6.45, 7) is 6.56. The van der Waals surface area contributed by atoms with E-state index in [-0.39, 0.29) is 0 Å². The Morgan fingerprint density at radius 1 is 1.30 bits per heavy atom. The van der Waals surface area contributed by atoms with Gasteiger partial charge in [0.2, 0.25) is 0 Å². The molecule has 5 nitrogen and oxygen atoms in total. The predicted molar refractivity (Wildman–Crippen MR) is 85.4 cm³/mol. The van der Waals surface area contributed by atoms with Gasteiger partial charge in [0.15, 0.2) is 5.82 Å². The van der Waals surface area contributed by atoms with Gasteiger partial charge in [-0.15, -0.1) is 0 Å². The third-order valence-corrected chi connectivity index (χ3v) is 4.03. The summed E-state index contributed by atoms with van der Waals surface area (Å²) < 4.78 is 0. The highest BCUT2D eigenvalue weighted by Gasteiger charge is 2.15. The van der Waals surface area contributed by atoms with Gasteiger partial charge < -0.3 is 15.6 Å². The molecule has 0 aliphatic carbocycles. The van der Waals surface area contributed by atoms with Gasteiger partial charge in [0.05, 0.1) is 10.0 Å². The molecular weight excluding hydrogens is 297 g/mol. The van der Waals surface area contributed by atoms with E-state index in [2.05, 4.69) is 27.6 Å². The molecule has 0 amide bonds. The number of hydrogen-bond acceptors (Lipinski definition) is 5. The predicted octanol–water partition coefficient (Wildman–Crippen LogP) is 2.82. The fourth-order valence-corrected chi connectivity index (χ4v) is 2.91. The molecule has 1 aliphatic heterocycles. The quantitative estimate of drug-likeness (QED) is 0.556. The molecule has 1 atom stereocenters. The first-order chi connectivity index (χ1) is 9.60. The van der Waals surface area contributed by atoms with Crippen LogP contribution in [0.15, 0.2) is 6.07 Å². The Bertz CT molecular complexity index is 449. The number of nitrogens with two attached hydrogens (primary N) is 1. The number of likely N-dealkylation sites (tertiary alicyclic amines) is 1. The van der Waals surface area contributed by atoms with E-state index in [1.165, 1.54) is 25.9 Å². The zero-order valence-corrected chi connectivity index (χ0v) is 13.1. The van der Waals surface area contributed by atoms with Gasteiger partial charge in [-0.2, -0.15) is 0 Å². The molecule has 1 aromatic heterocycles. The smallest absolute Gasteiger partial charge is 0.161 e. The van der Waals surface area contributed by atoms with Crippen LogP contribution in [0.4, 0.5) is 11.6 Å². The number of halogens is 2. The van der Waals surface area contributed by atoms with E-state index in [1.54, 1.807) is 6.07 Å². The number of rotatable bonds is 6. The second-order valence-electron chi connectivity index (χ2n) is 5.29. The van der Waals surface area contributed by atoms with Crippen molar-refractivity contribution in [3.8, 4) is 0 Å². The molecule has 0 spiro atoms. The van der Waals surface area contributed by atoms with Crippen LogP contribution in [0.25, 0.3) is 0 Å². The van der Waals surface area contributed by atoms with Gasteiger partial charge in [-0.3, -0.25) is 0 Å². The van der Waals surface area contributed by atoms with Crippen LogP contribution in [0, 0.1) is 5.92 Å². The summed E-state index contributed by atoms with van der Waals surface area (Å²) in [5.41, 5.74) is 2.46. The number of aromatic nitrogens is 1. The Hall–Kier alpha value is -0.750. The molecule has 1 aromatic rings. The minimum absolute atomic E-state index is 0.410. The minimum Gasteiger partial charge on any atom is -0.368 e. The fraction of sp³-hybridized carbons (Fsp3) is 0.615. The third-order valence-electron chi connectivity index (χ3n) is 3.45. The van der Waals surface area contributed by atoms with Crippen LogP contribution in [0.1, 0.15) is 19.8 Å². The average molecular weight is 318 g/mol. The van der Waals surface area contributed by atoms with Crippen molar-refractivity contribution in [3.63, 3.8) is 0 Å². The summed E-state index contributed by atoms with van der Waals surface area (Å²) in [4.78, 5) is 6.77. The van der Waals surface area contributed by atoms with Crippen molar-refractivity contribution >= 4 is 34.8 Å². The number of hydrogen-bond donors (Lipinski definition) is 3. The van der Waals surface area contributed by atoms with Gasteiger partial charge >= 0.3 is 0 Å². The molecule has 1 unspecified atom stereocenters. The van der Waals surface area contributed by atoms with E-state index in [0.717, 1.165) is 13.1 Å². The van der Waals surface area contributed by atoms with Gasteiger partial charge in [0, 0.05) is 13.1 Å². The van der Waals surface area contributed by atoms with Gasteiger partial charge in [-0.05, 0) is 37.9 Å². The van der Waals surface area contributed by atoms with Crippen LogP contribution in [-0.4, -0.2) is 36.1 Å². The lowest BCUT2D eigenvalue weighted by molar-refractivity contribution is 0.294. The SMILES string of the molecule is CC(CNc1nc(NN)c(Cl)cc1Cl)CN1CCCC1. The van der Waals surface area contributed by atoms with Crippen molar-refractivity contribution in [2.24, 2.45) is 11.8 Å². The summed E-state index contributed by atoms with van der Waals surface area (Å²) in [5, 5.41) is 4.18.